The number of hydrogen-bond acceptors (Lipinski definition) is 4. The maximum Gasteiger partial charge on any atom is 0.243 e. The molecule has 1 aliphatic heterocycles. The average molecular weight is 261 g/mol. The molecule has 1 heterocycles. The Bertz CT molecular complexity index is 257. The Morgan fingerprint density at radius 3 is 3.00 bits per heavy atom. The van der Waals surface area contributed by atoms with Crippen LogP contribution in [0, 0.1) is 5.92 Å². The highest BCUT2D eigenvalue weighted by molar-refractivity contribution is 7.80. The lowest BCUT2D eigenvalue weighted by molar-refractivity contribution is -0.125. The van der Waals surface area contributed by atoms with Crippen molar-refractivity contribution in [2.75, 3.05) is 33.5 Å². The number of carbonyl (C=O) groups excluding carboxylic acids is 1. The summed E-state index contributed by atoms with van der Waals surface area (Å²) >= 11 is 4.99. The van der Waals surface area contributed by atoms with Crippen LogP contribution in [0.3, 0.4) is 0 Å². The average Bonchev–Trinajstić information content (AvgIpc) is 2.85. The van der Waals surface area contributed by atoms with E-state index < -0.39 is 0 Å². The van der Waals surface area contributed by atoms with Crippen LogP contribution in [0.25, 0.3) is 0 Å². The van der Waals surface area contributed by atoms with Crippen LogP contribution in [-0.4, -0.2) is 44.5 Å². The molecule has 98 valence electrons. The number of thiocarbonyl (C=S) groups is 1. The minimum atomic E-state index is -0.0801. The zero-order chi connectivity index (χ0) is 12.5. The van der Waals surface area contributed by atoms with Crippen LogP contribution in [0.1, 0.15) is 12.8 Å². The van der Waals surface area contributed by atoms with Gasteiger partial charge in [0.25, 0.3) is 0 Å². The summed E-state index contributed by atoms with van der Waals surface area (Å²) in [4.78, 5) is 11.6. The van der Waals surface area contributed by atoms with Crippen molar-refractivity contribution in [3.63, 3.8) is 0 Å². The molecule has 1 aliphatic rings. The second-order valence-electron chi connectivity index (χ2n) is 3.78. The summed E-state index contributed by atoms with van der Waals surface area (Å²) in [5.74, 6) is -0.151. The van der Waals surface area contributed by atoms with E-state index in [2.05, 4.69) is 16.2 Å². The predicted molar refractivity (Wildman–Crippen MR) is 67.3 cm³/mol. The summed E-state index contributed by atoms with van der Waals surface area (Å²) in [6, 6.07) is 0. The summed E-state index contributed by atoms with van der Waals surface area (Å²) in [7, 11) is 1.65. The van der Waals surface area contributed by atoms with E-state index >= 15 is 0 Å². The van der Waals surface area contributed by atoms with Gasteiger partial charge in [-0.3, -0.25) is 15.6 Å². The molecule has 1 amide bonds. The van der Waals surface area contributed by atoms with Crippen molar-refractivity contribution < 1.29 is 14.3 Å². The number of amides is 1. The van der Waals surface area contributed by atoms with Crippen LogP contribution in [0.2, 0.25) is 0 Å². The van der Waals surface area contributed by atoms with Crippen molar-refractivity contribution in [3.8, 4) is 0 Å². The summed E-state index contributed by atoms with van der Waals surface area (Å²) in [5.41, 5.74) is 5.22. The van der Waals surface area contributed by atoms with Gasteiger partial charge in [-0.2, -0.15) is 0 Å². The summed E-state index contributed by atoms with van der Waals surface area (Å²) in [6.45, 7) is 2.53. The third kappa shape index (κ3) is 5.81. The largest absolute Gasteiger partial charge is 0.385 e. The van der Waals surface area contributed by atoms with Gasteiger partial charge in [0.15, 0.2) is 5.11 Å². The van der Waals surface area contributed by atoms with Crippen molar-refractivity contribution in [2.45, 2.75) is 12.8 Å². The van der Waals surface area contributed by atoms with Gasteiger partial charge in [-0.15, -0.1) is 0 Å². The minimum Gasteiger partial charge on any atom is -0.385 e. The number of hydrazine groups is 1. The number of carbonyl (C=O) groups is 1. The fourth-order valence-corrected chi connectivity index (χ4v) is 1.58. The van der Waals surface area contributed by atoms with Crippen LogP contribution >= 0.6 is 12.2 Å². The van der Waals surface area contributed by atoms with Crippen molar-refractivity contribution in [2.24, 2.45) is 5.92 Å². The van der Waals surface area contributed by atoms with Crippen molar-refractivity contribution in [1.82, 2.24) is 16.2 Å². The maximum atomic E-state index is 11.6. The SMILES string of the molecule is COCCCNC(=S)NNC(=O)C1CCOC1. The Labute approximate surface area is 106 Å². The van der Waals surface area contributed by atoms with Gasteiger partial charge in [-0.25, -0.2) is 0 Å². The number of hydrogen-bond donors (Lipinski definition) is 3. The first kappa shape index (κ1) is 14.1. The molecule has 0 spiro atoms. The molecule has 17 heavy (non-hydrogen) atoms. The normalized spacial score (nSPS) is 18.8. The standard InChI is InChI=1S/C10H19N3O3S/c1-15-5-2-4-11-10(17)13-12-9(14)8-3-6-16-7-8/h8H,2-7H2,1H3,(H,12,14)(H2,11,13,17). The van der Waals surface area contributed by atoms with Crippen LogP contribution in [0.5, 0.6) is 0 Å². The summed E-state index contributed by atoms with van der Waals surface area (Å²) < 4.78 is 10.0. The molecule has 1 unspecified atom stereocenters. The molecule has 0 radical (unpaired) electrons. The smallest absolute Gasteiger partial charge is 0.243 e. The van der Waals surface area contributed by atoms with Gasteiger partial charge in [0.1, 0.15) is 0 Å². The molecule has 3 N–H and O–H groups in total. The van der Waals surface area contributed by atoms with Crippen LogP contribution in [-0.2, 0) is 14.3 Å². The van der Waals surface area contributed by atoms with E-state index in [1.807, 2.05) is 0 Å². The number of nitrogens with one attached hydrogen (secondary N) is 3. The van der Waals surface area contributed by atoms with Crippen molar-refractivity contribution in [3.05, 3.63) is 0 Å². The van der Waals surface area contributed by atoms with Gasteiger partial charge >= 0.3 is 0 Å². The Kier molecular flexibility index (Phi) is 6.83. The minimum absolute atomic E-state index is 0.0706. The first-order valence-electron chi connectivity index (χ1n) is 5.64. The molecule has 0 saturated carbocycles. The number of ether oxygens (including phenoxy) is 2. The third-order valence-corrected chi connectivity index (χ3v) is 2.66. The zero-order valence-electron chi connectivity index (χ0n) is 9.95. The lowest BCUT2D eigenvalue weighted by atomic mass is 10.1. The predicted octanol–water partition coefficient (Wildman–Crippen LogP) is -0.445. The van der Waals surface area contributed by atoms with Gasteiger partial charge in [0.2, 0.25) is 5.91 Å². The molecule has 0 aromatic rings. The highest BCUT2D eigenvalue weighted by Crippen LogP contribution is 2.11. The molecule has 1 fully saturated rings. The van der Waals surface area contributed by atoms with E-state index in [0.717, 1.165) is 12.8 Å². The first-order valence-corrected chi connectivity index (χ1v) is 6.05. The highest BCUT2D eigenvalue weighted by atomic mass is 32.1. The highest BCUT2D eigenvalue weighted by Gasteiger charge is 2.23. The lowest BCUT2D eigenvalue weighted by Crippen LogP contribution is -2.49. The summed E-state index contributed by atoms with van der Waals surface area (Å²) in [5, 5.41) is 3.37. The van der Waals surface area contributed by atoms with Gasteiger partial charge in [-0.05, 0) is 25.1 Å². The molecule has 0 aromatic carbocycles. The molecule has 1 atom stereocenters. The third-order valence-electron chi connectivity index (χ3n) is 2.41. The fraction of sp³-hybridized carbons (Fsp3) is 0.800. The van der Waals surface area contributed by atoms with Crippen LogP contribution in [0.15, 0.2) is 0 Å². The Morgan fingerprint density at radius 2 is 2.35 bits per heavy atom. The van der Waals surface area contributed by atoms with E-state index in [0.29, 0.717) is 31.5 Å². The molecule has 0 aromatic heterocycles. The van der Waals surface area contributed by atoms with Crippen molar-refractivity contribution >= 4 is 23.2 Å². The van der Waals surface area contributed by atoms with Crippen molar-refractivity contribution in [1.29, 1.82) is 0 Å². The maximum absolute atomic E-state index is 11.6. The fourth-order valence-electron chi connectivity index (χ4n) is 1.42. The monoisotopic (exact) mass is 261 g/mol. The van der Waals surface area contributed by atoms with Gasteiger partial charge in [0.05, 0.1) is 12.5 Å². The van der Waals surface area contributed by atoms with E-state index in [9.17, 15) is 4.79 Å². The zero-order valence-corrected chi connectivity index (χ0v) is 10.8. The molecule has 6 nitrogen and oxygen atoms in total. The second-order valence-corrected chi connectivity index (χ2v) is 4.19. The molecule has 7 heteroatoms. The molecule has 0 aliphatic carbocycles. The molecule has 0 bridgehead atoms. The molecular weight excluding hydrogens is 242 g/mol. The molecule has 1 rings (SSSR count). The number of rotatable bonds is 5. The van der Waals surface area contributed by atoms with Crippen LogP contribution < -0.4 is 16.2 Å². The van der Waals surface area contributed by atoms with E-state index in [1.165, 1.54) is 0 Å². The first-order chi connectivity index (χ1) is 8.24. The van der Waals surface area contributed by atoms with Gasteiger partial charge in [0, 0.05) is 26.9 Å². The second kappa shape index (κ2) is 8.21. The molecular formula is C10H19N3O3S. The van der Waals surface area contributed by atoms with E-state index in [-0.39, 0.29) is 11.8 Å². The Balaban J connectivity index is 2.04. The van der Waals surface area contributed by atoms with E-state index in [4.69, 9.17) is 21.7 Å². The van der Waals surface area contributed by atoms with Gasteiger partial charge < -0.3 is 14.8 Å². The van der Waals surface area contributed by atoms with Crippen LogP contribution in [0.4, 0.5) is 0 Å². The van der Waals surface area contributed by atoms with Gasteiger partial charge in [-0.1, -0.05) is 0 Å². The lowest BCUT2D eigenvalue weighted by Gasteiger charge is -2.13. The van der Waals surface area contributed by atoms with E-state index in [1.54, 1.807) is 7.11 Å². The summed E-state index contributed by atoms with van der Waals surface area (Å²) in [6.07, 6.45) is 1.63. The Hall–Kier alpha value is -0.920. The Morgan fingerprint density at radius 1 is 1.53 bits per heavy atom. The molecule has 1 saturated heterocycles. The topological polar surface area (TPSA) is 71.6 Å². The number of methoxy groups -OCH3 is 1. The quantitative estimate of drug-likeness (QED) is 0.354.